The summed E-state index contributed by atoms with van der Waals surface area (Å²) in [6.07, 6.45) is 1.25. The second-order valence-corrected chi connectivity index (χ2v) is 6.23. The SMILES string of the molecule is CCC(C(=O)N1CCC(C(=O)O)C(C)C1)c1ccc(OC)cc1. The number of hydrogen-bond donors (Lipinski definition) is 1. The van der Waals surface area contributed by atoms with Gasteiger partial charge >= 0.3 is 5.97 Å². The minimum absolute atomic E-state index is 0.0152. The lowest BCUT2D eigenvalue weighted by Gasteiger charge is -2.36. The summed E-state index contributed by atoms with van der Waals surface area (Å²) in [5.74, 6) is -0.444. The van der Waals surface area contributed by atoms with Crippen molar-refractivity contribution in [3.05, 3.63) is 29.8 Å². The van der Waals surface area contributed by atoms with Gasteiger partial charge in [-0.15, -0.1) is 0 Å². The highest BCUT2D eigenvalue weighted by atomic mass is 16.5. The van der Waals surface area contributed by atoms with E-state index in [-0.39, 0.29) is 23.7 Å². The van der Waals surface area contributed by atoms with E-state index in [1.165, 1.54) is 0 Å². The number of carboxylic acids is 1. The first-order chi connectivity index (χ1) is 11.0. The lowest BCUT2D eigenvalue weighted by Crippen LogP contribution is -2.46. The average molecular weight is 319 g/mol. The number of amides is 1. The van der Waals surface area contributed by atoms with Gasteiger partial charge in [0, 0.05) is 13.1 Å². The molecule has 1 aromatic carbocycles. The van der Waals surface area contributed by atoms with Crippen LogP contribution < -0.4 is 4.74 Å². The van der Waals surface area contributed by atoms with Gasteiger partial charge in [0.05, 0.1) is 18.9 Å². The number of carboxylic acid groups (broad SMARTS) is 1. The third kappa shape index (κ3) is 3.84. The van der Waals surface area contributed by atoms with Gasteiger partial charge in [-0.05, 0) is 36.5 Å². The largest absolute Gasteiger partial charge is 0.497 e. The Bertz CT molecular complexity index is 555. The first-order valence-electron chi connectivity index (χ1n) is 8.13. The Morgan fingerprint density at radius 1 is 1.35 bits per heavy atom. The summed E-state index contributed by atoms with van der Waals surface area (Å²) in [5, 5.41) is 9.20. The third-order valence-corrected chi connectivity index (χ3v) is 4.76. The van der Waals surface area contributed by atoms with E-state index in [2.05, 4.69) is 0 Å². The number of carbonyl (C=O) groups is 2. The molecule has 0 saturated carbocycles. The summed E-state index contributed by atoms with van der Waals surface area (Å²) in [6, 6.07) is 7.59. The fourth-order valence-electron chi connectivity index (χ4n) is 3.32. The van der Waals surface area contributed by atoms with Crippen LogP contribution in [0, 0.1) is 11.8 Å². The molecule has 5 nitrogen and oxygen atoms in total. The quantitative estimate of drug-likeness (QED) is 0.906. The molecule has 1 fully saturated rings. The predicted molar refractivity (Wildman–Crippen MR) is 87.5 cm³/mol. The van der Waals surface area contributed by atoms with Crippen molar-refractivity contribution in [3.8, 4) is 5.75 Å². The summed E-state index contributed by atoms with van der Waals surface area (Å²) < 4.78 is 5.16. The molecule has 3 atom stereocenters. The van der Waals surface area contributed by atoms with Crippen molar-refractivity contribution in [2.24, 2.45) is 11.8 Å². The van der Waals surface area contributed by atoms with Crippen molar-refractivity contribution in [2.45, 2.75) is 32.6 Å². The fourth-order valence-corrected chi connectivity index (χ4v) is 3.32. The number of likely N-dealkylation sites (tertiary alicyclic amines) is 1. The molecule has 3 unspecified atom stereocenters. The Morgan fingerprint density at radius 2 is 2.00 bits per heavy atom. The van der Waals surface area contributed by atoms with Crippen LogP contribution in [0.3, 0.4) is 0 Å². The molecule has 1 aromatic rings. The van der Waals surface area contributed by atoms with E-state index < -0.39 is 5.97 Å². The Hall–Kier alpha value is -2.04. The zero-order chi connectivity index (χ0) is 17.0. The maximum atomic E-state index is 12.9. The number of piperidine rings is 1. The highest BCUT2D eigenvalue weighted by Gasteiger charge is 2.35. The Labute approximate surface area is 137 Å². The number of ether oxygens (including phenoxy) is 1. The van der Waals surface area contributed by atoms with E-state index in [9.17, 15) is 14.7 Å². The van der Waals surface area contributed by atoms with Crippen LogP contribution in [0.15, 0.2) is 24.3 Å². The molecular weight excluding hydrogens is 294 g/mol. The van der Waals surface area contributed by atoms with Gasteiger partial charge in [-0.3, -0.25) is 9.59 Å². The molecule has 1 aliphatic rings. The Balaban J connectivity index is 2.09. The molecule has 1 N–H and O–H groups in total. The average Bonchev–Trinajstić information content (AvgIpc) is 2.55. The van der Waals surface area contributed by atoms with E-state index in [0.29, 0.717) is 19.5 Å². The van der Waals surface area contributed by atoms with Crippen molar-refractivity contribution >= 4 is 11.9 Å². The number of carbonyl (C=O) groups excluding carboxylic acids is 1. The molecule has 1 aliphatic heterocycles. The van der Waals surface area contributed by atoms with Crippen LogP contribution in [0.4, 0.5) is 0 Å². The lowest BCUT2D eigenvalue weighted by atomic mass is 9.85. The topological polar surface area (TPSA) is 66.8 Å². The molecule has 1 saturated heterocycles. The predicted octanol–water partition coefficient (Wildman–Crippen LogP) is 2.76. The van der Waals surface area contributed by atoms with Crippen molar-refractivity contribution in [3.63, 3.8) is 0 Å². The van der Waals surface area contributed by atoms with E-state index in [1.807, 2.05) is 43.0 Å². The molecule has 126 valence electrons. The van der Waals surface area contributed by atoms with Crippen molar-refractivity contribution in [1.29, 1.82) is 0 Å². The second kappa shape index (κ2) is 7.49. The molecule has 5 heteroatoms. The Morgan fingerprint density at radius 3 is 2.48 bits per heavy atom. The summed E-state index contributed by atoms with van der Waals surface area (Å²) in [4.78, 5) is 25.9. The van der Waals surface area contributed by atoms with Gasteiger partial charge in [-0.25, -0.2) is 0 Å². The van der Waals surface area contributed by atoms with Gasteiger partial charge in [0.2, 0.25) is 5.91 Å². The third-order valence-electron chi connectivity index (χ3n) is 4.76. The van der Waals surface area contributed by atoms with Crippen molar-refractivity contribution < 1.29 is 19.4 Å². The van der Waals surface area contributed by atoms with E-state index in [1.54, 1.807) is 7.11 Å². The fraction of sp³-hybridized carbons (Fsp3) is 0.556. The second-order valence-electron chi connectivity index (χ2n) is 6.23. The van der Waals surface area contributed by atoms with E-state index in [0.717, 1.165) is 17.7 Å². The molecule has 1 amide bonds. The van der Waals surface area contributed by atoms with Crippen LogP contribution in [0.25, 0.3) is 0 Å². The van der Waals surface area contributed by atoms with Gasteiger partial charge in [0.1, 0.15) is 5.75 Å². The maximum absolute atomic E-state index is 12.9. The van der Waals surface area contributed by atoms with Gasteiger partial charge in [0.15, 0.2) is 0 Å². The first kappa shape index (κ1) is 17.3. The van der Waals surface area contributed by atoms with Crippen LogP contribution in [0.2, 0.25) is 0 Å². The summed E-state index contributed by atoms with van der Waals surface area (Å²) in [6.45, 7) is 4.95. The van der Waals surface area contributed by atoms with Crippen LogP contribution in [-0.4, -0.2) is 42.1 Å². The van der Waals surface area contributed by atoms with Crippen LogP contribution >= 0.6 is 0 Å². The Kier molecular flexibility index (Phi) is 5.64. The van der Waals surface area contributed by atoms with Crippen molar-refractivity contribution in [2.75, 3.05) is 20.2 Å². The molecule has 23 heavy (non-hydrogen) atoms. The van der Waals surface area contributed by atoms with Crippen LogP contribution in [-0.2, 0) is 9.59 Å². The van der Waals surface area contributed by atoms with Gasteiger partial charge in [-0.1, -0.05) is 26.0 Å². The standard InChI is InChI=1S/C18H25NO4/c1-4-15(13-5-7-14(23-3)8-6-13)17(20)19-10-9-16(18(21)22)12(2)11-19/h5-8,12,15-16H,4,9-11H2,1-3H3,(H,21,22). The molecule has 1 heterocycles. The summed E-state index contributed by atoms with van der Waals surface area (Å²) in [5.41, 5.74) is 0.978. The zero-order valence-corrected chi connectivity index (χ0v) is 14.0. The number of methoxy groups -OCH3 is 1. The number of aliphatic carboxylic acids is 1. The maximum Gasteiger partial charge on any atom is 0.306 e. The van der Waals surface area contributed by atoms with Crippen LogP contribution in [0.5, 0.6) is 5.75 Å². The minimum atomic E-state index is -0.758. The molecule has 0 aliphatic carbocycles. The van der Waals surface area contributed by atoms with E-state index >= 15 is 0 Å². The number of rotatable bonds is 5. The smallest absolute Gasteiger partial charge is 0.306 e. The highest BCUT2D eigenvalue weighted by Crippen LogP contribution is 2.29. The molecule has 0 bridgehead atoms. The molecular formula is C18H25NO4. The number of benzene rings is 1. The van der Waals surface area contributed by atoms with Crippen LogP contribution in [0.1, 0.15) is 38.2 Å². The van der Waals surface area contributed by atoms with Gasteiger partial charge in [0.25, 0.3) is 0 Å². The van der Waals surface area contributed by atoms with Gasteiger partial charge in [-0.2, -0.15) is 0 Å². The molecule has 2 rings (SSSR count). The summed E-state index contributed by atoms with van der Waals surface area (Å²) in [7, 11) is 1.62. The van der Waals surface area contributed by atoms with Gasteiger partial charge < -0.3 is 14.7 Å². The number of nitrogens with zero attached hydrogens (tertiary/aromatic N) is 1. The molecule has 0 radical (unpaired) electrons. The zero-order valence-electron chi connectivity index (χ0n) is 14.0. The van der Waals surface area contributed by atoms with E-state index in [4.69, 9.17) is 4.74 Å². The van der Waals surface area contributed by atoms with Crippen molar-refractivity contribution in [1.82, 2.24) is 4.90 Å². The monoisotopic (exact) mass is 319 g/mol. The minimum Gasteiger partial charge on any atom is -0.497 e. The molecule has 0 spiro atoms. The number of hydrogen-bond acceptors (Lipinski definition) is 3. The lowest BCUT2D eigenvalue weighted by molar-refractivity contribution is -0.148. The normalized spacial score (nSPS) is 22.5. The highest BCUT2D eigenvalue weighted by molar-refractivity contribution is 5.84. The summed E-state index contributed by atoms with van der Waals surface area (Å²) >= 11 is 0. The molecule has 0 aromatic heterocycles. The first-order valence-corrected chi connectivity index (χ1v) is 8.13.